The number of halogens is 3. The van der Waals surface area contributed by atoms with Crippen LogP contribution in [0.2, 0.25) is 131 Å². The van der Waals surface area contributed by atoms with Gasteiger partial charge in [-0.2, -0.15) is 0 Å². The van der Waals surface area contributed by atoms with Gasteiger partial charge in [0.2, 0.25) is 0 Å². The van der Waals surface area contributed by atoms with Crippen molar-refractivity contribution in [3.05, 3.63) is 37.7 Å². The average Bonchev–Trinajstić information content (AvgIpc) is 2.55. The van der Waals surface area contributed by atoms with Crippen LogP contribution in [0.4, 0.5) is 0 Å². The van der Waals surface area contributed by atoms with E-state index in [-0.39, 0.29) is 35.5 Å². The molecule has 0 aromatic carbocycles. The Morgan fingerprint density at radius 3 is 0.595 bits per heavy atom. The quantitative estimate of drug-likeness (QED) is 0.127. The minimum Gasteiger partial charge on any atom is -1.00 e. The SMILES string of the molecule is C=C[Si](C)(C)O[Si](C)(C)C.C=C[Si](C)(C)O[Si](C)(C)C.C[Si](C)(C)O[Si](C)(C)Cl.C[Si](C)(C)O[Si](C)(C)Cl.[CH-]=C.[Cl-].[Mg+2]. The molecule has 0 aromatic heterocycles. The zero-order valence-corrected chi connectivity index (χ0v) is 43.0. The van der Waals surface area contributed by atoms with Gasteiger partial charge in [-0.25, -0.2) is 0 Å². The van der Waals surface area contributed by atoms with Crippen LogP contribution in [0, 0.1) is 6.58 Å². The normalized spacial score (nSPS) is 12.4. The Balaban J connectivity index is -0.0000000751. The van der Waals surface area contributed by atoms with Crippen LogP contribution in [0.5, 0.6) is 0 Å². The summed E-state index contributed by atoms with van der Waals surface area (Å²) >= 11 is 11.9. The Bertz CT molecular complexity index is 611. The molecule has 0 aliphatic heterocycles. The van der Waals surface area contributed by atoms with Crippen molar-refractivity contribution in [2.24, 2.45) is 0 Å². The van der Waals surface area contributed by atoms with Gasteiger partial charge in [0, 0.05) is 0 Å². The summed E-state index contributed by atoms with van der Waals surface area (Å²) in [6.07, 6.45) is 0. The molecule has 0 saturated heterocycles. The molecule has 0 bridgehead atoms. The van der Waals surface area contributed by atoms with Gasteiger partial charge in [0.05, 0.1) is 0 Å². The summed E-state index contributed by atoms with van der Waals surface area (Å²) in [6.45, 7) is 57.5. The maximum absolute atomic E-state index is 5.97. The molecule has 0 aliphatic rings. The third-order valence-electron chi connectivity index (χ3n) is 3.22. The van der Waals surface area contributed by atoms with Crippen molar-refractivity contribution in [1.29, 1.82) is 0 Å². The van der Waals surface area contributed by atoms with Crippen molar-refractivity contribution < 1.29 is 28.9 Å². The summed E-state index contributed by atoms with van der Waals surface area (Å²) in [5.74, 6) is 0. The monoisotopic (exact) mass is 798 g/mol. The van der Waals surface area contributed by atoms with Gasteiger partial charge in [-0.1, -0.05) is 11.4 Å². The molecule has 0 N–H and O–H groups in total. The van der Waals surface area contributed by atoms with Gasteiger partial charge >= 0.3 is 23.1 Å². The van der Waals surface area contributed by atoms with Crippen molar-refractivity contribution in [2.45, 2.75) is 131 Å². The van der Waals surface area contributed by atoms with E-state index >= 15 is 0 Å². The number of rotatable bonds is 10. The van der Waals surface area contributed by atoms with Gasteiger partial charge in [-0.05, 0) is 131 Å². The van der Waals surface area contributed by atoms with Gasteiger partial charge in [0.15, 0.2) is 49.9 Å². The largest absolute Gasteiger partial charge is 2.00 e. The van der Waals surface area contributed by atoms with E-state index in [1.54, 1.807) is 0 Å². The van der Waals surface area contributed by atoms with E-state index in [4.69, 9.17) is 38.6 Å². The molecule has 0 unspecified atom stereocenters. The van der Waals surface area contributed by atoms with E-state index < -0.39 is 65.2 Å². The Morgan fingerprint density at radius 2 is 0.571 bits per heavy atom. The summed E-state index contributed by atoms with van der Waals surface area (Å²) in [6, 6.07) is 0. The molecular formula is C26H69Cl3MgO4Si8. The van der Waals surface area contributed by atoms with Crippen molar-refractivity contribution in [1.82, 2.24) is 0 Å². The number of hydrogen-bond donors (Lipinski definition) is 0. The minimum absolute atomic E-state index is 0. The van der Waals surface area contributed by atoms with Crippen molar-refractivity contribution in [3.63, 3.8) is 0 Å². The van der Waals surface area contributed by atoms with Crippen LogP contribution in [-0.2, 0) is 16.5 Å². The second-order valence-corrected chi connectivity index (χ2v) is 53.5. The molecule has 0 saturated carbocycles. The first-order chi connectivity index (χ1) is 16.9. The van der Waals surface area contributed by atoms with Crippen LogP contribution < -0.4 is 12.4 Å². The minimum atomic E-state index is -1.76. The Morgan fingerprint density at radius 1 is 0.429 bits per heavy atom. The van der Waals surface area contributed by atoms with Crippen LogP contribution in [0.1, 0.15) is 0 Å². The number of hydrogen-bond acceptors (Lipinski definition) is 4. The standard InChI is InChI=1S/2C7H18OSi2.2C5H15ClOSi2.C2H3.ClH.Mg/c2*1-7-10(5,6)8-9(2,3)4;2*1-8(2,3)7-9(4,5)6;1-2;;/h2*7H,1H2,2-6H3;2*1-5H3;1H,2H2;1H;/q;;;;-1;;+2/p-1. The molecule has 0 aromatic rings. The van der Waals surface area contributed by atoms with Crippen molar-refractivity contribution >= 4 is 110 Å². The van der Waals surface area contributed by atoms with Gasteiger partial charge in [0.25, 0.3) is 15.3 Å². The van der Waals surface area contributed by atoms with E-state index in [2.05, 4.69) is 131 Å². The zero-order chi connectivity index (χ0) is 34.2. The first-order valence-corrected chi connectivity index (χ1v) is 41.3. The molecule has 0 atom stereocenters. The average molecular weight is 801 g/mol. The first kappa shape index (κ1) is 59.8. The molecule has 16 heteroatoms. The van der Waals surface area contributed by atoms with E-state index in [0.29, 0.717) is 0 Å². The topological polar surface area (TPSA) is 36.9 Å². The summed E-state index contributed by atoms with van der Waals surface area (Å²) in [5.41, 5.74) is 3.98. The molecular weight excluding hydrogens is 732 g/mol. The second-order valence-electron chi connectivity index (χ2n) is 15.2. The van der Waals surface area contributed by atoms with Crippen molar-refractivity contribution in [3.8, 4) is 0 Å². The fourth-order valence-corrected chi connectivity index (χ4v) is 32.2. The predicted octanol–water partition coefficient (Wildman–Crippen LogP) is 8.32. The van der Waals surface area contributed by atoms with Crippen LogP contribution in [0.3, 0.4) is 0 Å². The molecule has 0 radical (unpaired) electrons. The second kappa shape index (κ2) is 24.6. The van der Waals surface area contributed by atoms with Gasteiger partial charge in [0.1, 0.15) is 0 Å². The van der Waals surface area contributed by atoms with E-state index in [1.165, 1.54) is 0 Å². The molecule has 4 nitrogen and oxygen atoms in total. The molecule has 0 spiro atoms. The van der Waals surface area contributed by atoms with Gasteiger partial charge in [-0.15, -0.1) is 35.3 Å². The Hall–Kier alpha value is 2.43. The molecule has 0 heterocycles. The molecule has 0 fully saturated rings. The van der Waals surface area contributed by atoms with E-state index in [9.17, 15) is 0 Å². The third-order valence-corrected chi connectivity index (χ3v) is 24.5. The summed E-state index contributed by atoms with van der Waals surface area (Å²) < 4.78 is 23.2. The Kier molecular flexibility index (Phi) is 35.0. The van der Waals surface area contributed by atoms with E-state index in [1.807, 2.05) is 37.6 Å². The van der Waals surface area contributed by atoms with Crippen LogP contribution in [0.15, 0.2) is 31.1 Å². The van der Waals surface area contributed by atoms with Crippen molar-refractivity contribution in [2.75, 3.05) is 0 Å². The maximum atomic E-state index is 5.97. The van der Waals surface area contributed by atoms with Crippen LogP contribution >= 0.6 is 22.2 Å². The zero-order valence-electron chi connectivity index (χ0n) is 31.3. The summed E-state index contributed by atoms with van der Waals surface area (Å²) in [7, 11) is -11.9. The smallest absolute Gasteiger partial charge is 1.00 e. The van der Waals surface area contributed by atoms with Gasteiger partial charge in [-0.3, -0.25) is 6.58 Å². The summed E-state index contributed by atoms with van der Waals surface area (Å²) in [5, 5.41) is 0. The Labute approximate surface area is 305 Å². The van der Waals surface area contributed by atoms with E-state index in [0.717, 1.165) is 0 Å². The fraction of sp³-hybridized carbons (Fsp3) is 0.769. The summed E-state index contributed by atoms with van der Waals surface area (Å²) in [4.78, 5) is 0. The maximum Gasteiger partial charge on any atom is 2.00 e. The van der Waals surface area contributed by atoms with Crippen LogP contribution in [-0.4, -0.2) is 88.2 Å². The third kappa shape index (κ3) is 69.2. The molecule has 0 amide bonds. The first-order valence-electron chi connectivity index (χ1n) is 13.8. The van der Waals surface area contributed by atoms with Gasteiger partial charge < -0.3 is 35.4 Å². The molecule has 0 aliphatic carbocycles. The molecule has 42 heavy (non-hydrogen) atoms. The molecule has 252 valence electrons. The molecule has 0 rings (SSSR count). The predicted molar refractivity (Wildman–Crippen MR) is 215 cm³/mol. The fourth-order valence-electron chi connectivity index (χ4n) is 3.12. The van der Waals surface area contributed by atoms with Crippen LogP contribution in [0.25, 0.3) is 0 Å².